The number of rotatable bonds is 7. The molecule has 130 valence electrons. The lowest BCUT2D eigenvalue weighted by Crippen LogP contribution is -2.30. The zero-order chi connectivity index (χ0) is 17.7. The summed E-state index contributed by atoms with van der Waals surface area (Å²) in [7, 11) is 0. The van der Waals surface area contributed by atoms with Gasteiger partial charge in [-0.2, -0.15) is 0 Å². The van der Waals surface area contributed by atoms with Crippen molar-refractivity contribution in [3.63, 3.8) is 0 Å². The fourth-order valence-corrected chi connectivity index (χ4v) is 2.79. The predicted octanol–water partition coefficient (Wildman–Crippen LogP) is 2.50. The molecule has 0 bridgehead atoms. The average molecular weight is 335 g/mol. The van der Waals surface area contributed by atoms with Gasteiger partial charge in [0.2, 0.25) is 0 Å². The van der Waals surface area contributed by atoms with Crippen molar-refractivity contribution < 1.29 is 19.6 Å². The Hall–Kier alpha value is -2.64. The molecular formula is C16H21N3O5. The number of nitrogens with one attached hydrogen (secondary N) is 1. The van der Waals surface area contributed by atoms with Gasteiger partial charge in [0.1, 0.15) is 11.6 Å². The van der Waals surface area contributed by atoms with E-state index in [-0.39, 0.29) is 17.2 Å². The number of carbonyl (C=O) groups is 2. The molecule has 1 heterocycles. The maximum absolute atomic E-state index is 12.5. The van der Waals surface area contributed by atoms with Gasteiger partial charge in [0.15, 0.2) is 0 Å². The van der Waals surface area contributed by atoms with Crippen LogP contribution in [0.5, 0.6) is 0 Å². The van der Waals surface area contributed by atoms with Gasteiger partial charge in [0.25, 0.3) is 11.6 Å². The number of carbonyl (C=O) groups excluding carboxylic acids is 1. The second-order valence-electron chi connectivity index (χ2n) is 5.81. The zero-order valence-corrected chi connectivity index (χ0v) is 13.5. The molecule has 1 atom stereocenters. The van der Waals surface area contributed by atoms with Gasteiger partial charge in [0.05, 0.1) is 4.92 Å². The van der Waals surface area contributed by atoms with Crippen molar-refractivity contribution in [2.24, 2.45) is 0 Å². The highest BCUT2D eigenvalue weighted by Crippen LogP contribution is 2.26. The molecule has 24 heavy (non-hydrogen) atoms. The Balaban J connectivity index is 2.31. The lowest BCUT2D eigenvalue weighted by Gasteiger charge is -2.18. The Morgan fingerprint density at radius 2 is 2.04 bits per heavy atom. The molecule has 0 saturated carbocycles. The molecule has 1 fully saturated rings. The van der Waals surface area contributed by atoms with Crippen molar-refractivity contribution in [2.45, 2.75) is 38.6 Å². The van der Waals surface area contributed by atoms with Gasteiger partial charge < -0.3 is 15.3 Å². The topological polar surface area (TPSA) is 113 Å². The van der Waals surface area contributed by atoms with Gasteiger partial charge in [-0.15, -0.1) is 0 Å². The number of nitro groups is 1. The minimum absolute atomic E-state index is 0.00691. The molecule has 1 aliphatic heterocycles. The Morgan fingerprint density at radius 1 is 1.38 bits per heavy atom. The standard InChI is InChI=1S/C16H21N3O5/c1-2-5-13(16(21)22)17-11-6-7-14(19(23)24)12(10-11)15(20)18-8-3-4-9-18/h6-7,10,13,17H,2-5,8-9H2,1H3,(H,21,22). The first-order valence-electron chi connectivity index (χ1n) is 8.01. The molecule has 0 aromatic heterocycles. The first-order chi connectivity index (χ1) is 11.4. The molecular weight excluding hydrogens is 314 g/mol. The molecule has 1 aromatic rings. The molecule has 0 spiro atoms. The Labute approximate surface area is 139 Å². The highest BCUT2D eigenvalue weighted by Gasteiger charge is 2.27. The third kappa shape index (κ3) is 4.01. The van der Waals surface area contributed by atoms with Crippen molar-refractivity contribution in [3.05, 3.63) is 33.9 Å². The number of likely N-dealkylation sites (tertiary alicyclic amines) is 1. The van der Waals surface area contributed by atoms with Crippen LogP contribution in [-0.2, 0) is 4.79 Å². The highest BCUT2D eigenvalue weighted by atomic mass is 16.6. The van der Waals surface area contributed by atoms with E-state index in [1.807, 2.05) is 6.92 Å². The zero-order valence-electron chi connectivity index (χ0n) is 13.5. The van der Waals surface area contributed by atoms with Gasteiger partial charge >= 0.3 is 5.97 Å². The number of carboxylic acids is 1. The van der Waals surface area contributed by atoms with Crippen LogP contribution >= 0.6 is 0 Å². The lowest BCUT2D eigenvalue weighted by molar-refractivity contribution is -0.385. The smallest absolute Gasteiger partial charge is 0.326 e. The fraction of sp³-hybridized carbons (Fsp3) is 0.500. The van der Waals surface area contributed by atoms with Crippen LogP contribution in [0.4, 0.5) is 11.4 Å². The maximum Gasteiger partial charge on any atom is 0.326 e. The molecule has 0 aliphatic carbocycles. The van der Waals surface area contributed by atoms with Gasteiger partial charge in [-0.25, -0.2) is 4.79 Å². The van der Waals surface area contributed by atoms with Crippen LogP contribution < -0.4 is 5.32 Å². The number of aliphatic carboxylic acids is 1. The number of hydrogen-bond acceptors (Lipinski definition) is 5. The van der Waals surface area contributed by atoms with Gasteiger partial charge in [-0.05, 0) is 31.4 Å². The number of hydrogen-bond donors (Lipinski definition) is 2. The summed E-state index contributed by atoms with van der Waals surface area (Å²) in [5.41, 5.74) is 0.122. The van der Waals surface area contributed by atoms with E-state index in [9.17, 15) is 24.8 Å². The normalized spacial score (nSPS) is 15.1. The summed E-state index contributed by atoms with van der Waals surface area (Å²) in [6, 6.07) is 3.26. The van der Waals surface area contributed by atoms with Crippen LogP contribution in [0, 0.1) is 10.1 Å². The fourth-order valence-electron chi connectivity index (χ4n) is 2.79. The first-order valence-corrected chi connectivity index (χ1v) is 8.01. The van der Waals surface area contributed by atoms with Gasteiger partial charge in [-0.3, -0.25) is 14.9 Å². The molecule has 0 radical (unpaired) electrons. The van der Waals surface area contributed by atoms with E-state index in [0.717, 1.165) is 12.8 Å². The van der Waals surface area contributed by atoms with Gasteiger partial charge in [-0.1, -0.05) is 13.3 Å². The highest BCUT2D eigenvalue weighted by molar-refractivity contribution is 5.99. The second kappa shape index (κ2) is 7.76. The molecule has 1 unspecified atom stereocenters. The van der Waals surface area contributed by atoms with E-state index < -0.39 is 16.9 Å². The lowest BCUT2D eigenvalue weighted by atomic mass is 10.1. The summed E-state index contributed by atoms with van der Waals surface area (Å²) in [6.07, 6.45) is 2.86. The predicted molar refractivity (Wildman–Crippen MR) is 88.2 cm³/mol. The summed E-state index contributed by atoms with van der Waals surface area (Å²) in [4.78, 5) is 36.0. The number of nitrogens with zero attached hydrogens (tertiary/aromatic N) is 2. The Bertz CT molecular complexity index is 641. The van der Waals surface area contributed by atoms with Crippen LogP contribution in [0.25, 0.3) is 0 Å². The van der Waals surface area contributed by atoms with Crippen LogP contribution in [0.2, 0.25) is 0 Å². The van der Waals surface area contributed by atoms with Gasteiger partial charge in [0, 0.05) is 24.8 Å². The third-order valence-corrected chi connectivity index (χ3v) is 4.03. The molecule has 2 rings (SSSR count). The van der Waals surface area contributed by atoms with Crippen molar-refractivity contribution in [3.8, 4) is 0 Å². The third-order valence-electron chi connectivity index (χ3n) is 4.03. The summed E-state index contributed by atoms with van der Waals surface area (Å²) in [5.74, 6) is -1.38. The van der Waals surface area contributed by atoms with Crippen LogP contribution in [0.3, 0.4) is 0 Å². The quantitative estimate of drug-likeness (QED) is 0.585. The largest absolute Gasteiger partial charge is 0.480 e. The number of amides is 1. The SMILES string of the molecule is CCCC(Nc1ccc([N+](=O)[O-])c(C(=O)N2CCCC2)c1)C(=O)O. The number of nitro benzene ring substituents is 1. The van der Waals surface area contributed by atoms with E-state index in [1.54, 1.807) is 4.90 Å². The summed E-state index contributed by atoms with van der Waals surface area (Å²) < 4.78 is 0. The molecule has 8 nitrogen and oxygen atoms in total. The van der Waals surface area contributed by atoms with E-state index >= 15 is 0 Å². The number of anilines is 1. The van der Waals surface area contributed by atoms with Crippen molar-refractivity contribution >= 4 is 23.3 Å². The second-order valence-corrected chi connectivity index (χ2v) is 5.81. The molecule has 1 aromatic carbocycles. The molecule has 8 heteroatoms. The summed E-state index contributed by atoms with van der Waals surface area (Å²) in [6.45, 7) is 3.04. The number of benzene rings is 1. The number of carboxylic acid groups (broad SMARTS) is 1. The first kappa shape index (κ1) is 17.7. The van der Waals surface area contributed by atoms with E-state index in [1.165, 1.54) is 18.2 Å². The summed E-state index contributed by atoms with van der Waals surface area (Å²) >= 11 is 0. The summed E-state index contributed by atoms with van der Waals surface area (Å²) in [5, 5.41) is 23.3. The van der Waals surface area contributed by atoms with E-state index in [2.05, 4.69) is 5.32 Å². The molecule has 1 aliphatic rings. The Morgan fingerprint density at radius 3 is 2.58 bits per heavy atom. The van der Waals surface area contributed by atoms with Crippen LogP contribution in [-0.4, -0.2) is 45.9 Å². The maximum atomic E-state index is 12.5. The van der Waals surface area contributed by atoms with Crippen LogP contribution in [0.15, 0.2) is 18.2 Å². The van der Waals surface area contributed by atoms with Crippen LogP contribution in [0.1, 0.15) is 43.0 Å². The molecule has 2 N–H and O–H groups in total. The minimum atomic E-state index is -0.998. The minimum Gasteiger partial charge on any atom is -0.480 e. The molecule has 1 amide bonds. The van der Waals surface area contributed by atoms with Crippen molar-refractivity contribution in [1.29, 1.82) is 0 Å². The van der Waals surface area contributed by atoms with E-state index in [0.29, 0.717) is 31.6 Å². The average Bonchev–Trinajstić information content (AvgIpc) is 3.07. The van der Waals surface area contributed by atoms with E-state index in [4.69, 9.17) is 0 Å². The van der Waals surface area contributed by atoms with Crippen molar-refractivity contribution in [2.75, 3.05) is 18.4 Å². The molecule has 1 saturated heterocycles. The monoisotopic (exact) mass is 335 g/mol. The van der Waals surface area contributed by atoms with Crippen molar-refractivity contribution in [1.82, 2.24) is 4.90 Å². The Kier molecular flexibility index (Phi) is 5.73.